The Hall–Kier alpha value is -3.50. The summed E-state index contributed by atoms with van der Waals surface area (Å²) in [6.45, 7) is 1.84. The van der Waals surface area contributed by atoms with E-state index in [1.807, 2.05) is 6.92 Å². The first kappa shape index (κ1) is 25.1. The highest BCUT2D eigenvalue weighted by Gasteiger charge is 2.22. The van der Waals surface area contributed by atoms with Gasteiger partial charge in [-0.1, -0.05) is 29.4 Å². The van der Waals surface area contributed by atoms with Gasteiger partial charge in [0.05, 0.1) is 18.6 Å². The van der Waals surface area contributed by atoms with Crippen LogP contribution in [-0.4, -0.2) is 38.1 Å². The van der Waals surface area contributed by atoms with Gasteiger partial charge in [0.2, 0.25) is 11.8 Å². The minimum atomic E-state index is -0.730. The van der Waals surface area contributed by atoms with Crippen LogP contribution >= 0.6 is 23.4 Å². The van der Waals surface area contributed by atoms with Crippen LogP contribution in [0.2, 0.25) is 5.02 Å². The molecule has 0 radical (unpaired) electrons. The second-order valence-electron chi connectivity index (χ2n) is 7.32. The van der Waals surface area contributed by atoms with Crippen molar-refractivity contribution in [1.29, 1.82) is 0 Å². The van der Waals surface area contributed by atoms with Gasteiger partial charge in [-0.15, -0.1) is 0 Å². The van der Waals surface area contributed by atoms with E-state index in [1.54, 1.807) is 42.5 Å². The highest BCUT2D eigenvalue weighted by atomic mass is 35.5. The Bertz CT molecular complexity index is 1380. The zero-order valence-corrected chi connectivity index (χ0v) is 20.5. The van der Waals surface area contributed by atoms with Crippen molar-refractivity contribution in [1.82, 2.24) is 9.13 Å². The van der Waals surface area contributed by atoms with Crippen LogP contribution in [0.5, 0.6) is 11.6 Å². The fourth-order valence-electron chi connectivity index (χ4n) is 3.00. The van der Waals surface area contributed by atoms with Gasteiger partial charge in [-0.3, -0.25) is 18.7 Å². The second kappa shape index (κ2) is 10.6. The Kier molecular flexibility index (Phi) is 7.85. The van der Waals surface area contributed by atoms with Crippen LogP contribution < -0.4 is 21.3 Å². The molecule has 2 aromatic carbocycles. The molecule has 178 valence electrons. The molecule has 2 N–H and O–H groups in total. The molecule has 11 heteroatoms. The molecule has 1 aromatic heterocycles. The fourth-order valence-corrected chi connectivity index (χ4v) is 4.01. The molecule has 0 fully saturated rings. The summed E-state index contributed by atoms with van der Waals surface area (Å²) in [4.78, 5) is 42.2. The number of carbonyl (C=O) groups is 1. The number of ether oxygens (including phenoxy) is 1. The number of aliphatic imine (C=N–C) groups is 1. The summed E-state index contributed by atoms with van der Waals surface area (Å²) in [5, 5.41) is 13.9. The molecule has 34 heavy (non-hydrogen) atoms. The van der Waals surface area contributed by atoms with Crippen LogP contribution in [0, 0.1) is 6.92 Å². The number of aromatic nitrogens is 2. The first-order valence-electron chi connectivity index (χ1n) is 10.0. The second-order valence-corrected chi connectivity index (χ2v) is 8.72. The van der Waals surface area contributed by atoms with E-state index in [0.717, 1.165) is 26.5 Å². The maximum absolute atomic E-state index is 12.9. The van der Waals surface area contributed by atoms with Crippen molar-refractivity contribution >= 4 is 45.7 Å². The third-order valence-electron chi connectivity index (χ3n) is 4.96. The third kappa shape index (κ3) is 5.52. The maximum Gasteiger partial charge on any atom is 0.333 e. The predicted molar refractivity (Wildman–Crippen MR) is 135 cm³/mol. The van der Waals surface area contributed by atoms with Crippen molar-refractivity contribution < 1.29 is 14.6 Å². The molecule has 0 unspecified atom stereocenters. The van der Waals surface area contributed by atoms with Crippen molar-refractivity contribution in [2.24, 2.45) is 19.1 Å². The summed E-state index contributed by atoms with van der Waals surface area (Å²) in [6.07, 6.45) is 0. The quantitative estimate of drug-likeness (QED) is 0.395. The van der Waals surface area contributed by atoms with Crippen LogP contribution in [0.25, 0.3) is 0 Å². The Labute approximate surface area is 204 Å². The van der Waals surface area contributed by atoms with Crippen molar-refractivity contribution in [3.63, 3.8) is 0 Å². The lowest BCUT2D eigenvalue weighted by Gasteiger charge is -2.13. The van der Waals surface area contributed by atoms with Crippen molar-refractivity contribution in [2.45, 2.75) is 6.92 Å². The van der Waals surface area contributed by atoms with Crippen LogP contribution in [-0.2, 0) is 18.9 Å². The molecule has 0 saturated heterocycles. The number of aromatic hydroxyl groups is 1. The van der Waals surface area contributed by atoms with Crippen molar-refractivity contribution in [3.8, 4) is 11.6 Å². The van der Waals surface area contributed by atoms with Gasteiger partial charge in [0.1, 0.15) is 16.4 Å². The van der Waals surface area contributed by atoms with E-state index < -0.39 is 17.1 Å². The Morgan fingerprint density at radius 1 is 1.15 bits per heavy atom. The summed E-state index contributed by atoms with van der Waals surface area (Å²) in [5.74, 6) is -0.407. The molecular weight excluding hydrogens is 480 g/mol. The number of anilines is 1. The number of nitrogens with one attached hydrogen (secondary N) is 1. The van der Waals surface area contributed by atoms with Crippen LogP contribution in [0.3, 0.4) is 0 Å². The number of methoxy groups -OCH3 is 1. The molecule has 0 bridgehead atoms. The first-order valence-corrected chi connectivity index (χ1v) is 11.4. The first-order chi connectivity index (χ1) is 16.1. The molecule has 3 aromatic rings. The summed E-state index contributed by atoms with van der Waals surface area (Å²) in [6, 6.07) is 11.9. The average molecular weight is 503 g/mol. The SMILES string of the molecule is COc1ccc(N=C(SCC(=O)Nc2cc(Cl)ccc2C)c2c(O)n(C)c(=O)n(C)c2=O)cc1. The van der Waals surface area contributed by atoms with E-state index in [9.17, 15) is 19.5 Å². The number of rotatable bonds is 6. The van der Waals surface area contributed by atoms with E-state index >= 15 is 0 Å². The Balaban J connectivity index is 1.98. The number of aryl methyl sites for hydroxylation is 1. The third-order valence-corrected chi connectivity index (χ3v) is 6.17. The van der Waals surface area contributed by atoms with E-state index in [-0.39, 0.29) is 22.3 Å². The number of halogens is 1. The molecule has 0 spiro atoms. The summed E-state index contributed by atoms with van der Waals surface area (Å²) in [5.41, 5.74) is 0.259. The van der Waals surface area contributed by atoms with E-state index in [0.29, 0.717) is 22.1 Å². The number of hydrogen-bond donors (Lipinski definition) is 2. The molecule has 0 aliphatic heterocycles. The van der Waals surface area contributed by atoms with Gasteiger partial charge in [0.15, 0.2) is 0 Å². The molecule has 1 amide bonds. The van der Waals surface area contributed by atoms with Gasteiger partial charge < -0.3 is 15.2 Å². The van der Waals surface area contributed by atoms with E-state index in [4.69, 9.17) is 16.3 Å². The van der Waals surface area contributed by atoms with Crippen LogP contribution in [0.1, 0.15) is 11.1 Å². The molecular formula is C23H23ClN4O5S. The molecule has 3 rings (SSSR count). The summed E-state index contributed by atoms with van der Waals surface area (Å²) in [7, 11) is 4.18. The number of hydrogen-bond acceptors (Lipinski definition) is 7. The van der Waals surface area contributed by atoms with Gasteiger partial charge in [0.25, 0.3) is 5.56 Å². The standard InChI is InChI=1S/C23H23ClN4O5S/c1-13-5-6-14(24)11-17(13)26-18(29)12-34-20(25-15-7-9-16(33-4)10-8-15)19-21(30)27(2)23(32)28(3)22(19)31/h5-11,30H,12H2,1-4H3,(H,26,29). The zero-order chi connectivity index (χ0) is 25.0. The number of amides is 1. The molecule has 0 saturated carbocycles. The van der Waals surface area contributed by atoms with Gasteiger partial charge >= 0.3 is 5.69 Å². The lowest BCUT2D eigenvalue weighted by molar-refractivity contribution is -0.113. The topological polar surface area (TPSA) is 115 Å². The average Bonchev–Trinajstić information content (AvgIpc) is 2.82. The monoisotopic (exact) mass is 502 g/mol. The molecule has 9 nitrogen and oxygen atoms in total. The highest BCUT2D eigenvalue weighted by Crippen LogP contribution is 2.25. The number of thioether (sulfide) groups is 1. The van der Waals surface area contributed by atoms with E-state index in [1.165, 1.54) is 21.2 Å². The minimum Gasteiger partial charge on any atom is -0.497 e. The Morgan fingerprint density at radius 2 is 1.82 bits per heavy atom. The number of benzene rings is 2. The molecule has 0 atom stereocenters. The molecule has 0 aliphatic carbocycles. The lowest BCUT2D eigenvalue weighted by Crippen LogP contribution is -2.39. The lowest BCUT2D eigenvalue weighted by atomic mass is 10.2. The maximum atomic E-state index is 12.9. The largest absolute Gasteiger partial charge is 0.497 e. The van der Waals surface area contributed by atoms with Gasteiger partial charge in [-0.05, 0) is 48.9 Å². The normalized spacial score (nSPS) is 11.4. The molecule has 1 heterocycles. The number of nitrogens with zero attached hydrogens (tertiary/aromatic N) is 3. The predicted octanol–water partition coefficient (Wildman–Crippen LogP) is 3.21. The van der Waals surface area contributed by atoms with Gasteiger partial charge in [-0.2, -0.15) is 0 Å². The van der Waals surface area contributed by atoms with Crippen molar-refractivity contribution in [2.75, 3.05) is 18.2 Å². The van der Waals surface area contributed by atoms with Crippen LogP contribution in [0.15, 0.2) is 57.0 Å². The zero-order valence-electron chi connectivity index (χ0n) is 19.0. The fraction of sp³-hybridized carbons (Fsp3) is 0.217. The highest BCUT2D eigenvalue weighted by molar-refractivity contribution is 8.15. The number of carbonyl (C=O) groups excluding carboxylic acids is 1. The smallest absolute Gasteiger partial charge is 0.333 e. The Morgan fingerprint density at radius 3 is 2.47 bits per heavy atom. The summed E-state index contributed by atoms with van der Waals surface area (Å²) < 4.78 is 6.96. The van der Waals surface area contributed by atoms with Crippen molar-refractivity contribution in [3.05, 3.63) is 79.5 Å². The van der Waals surface area contributed by atoms with Gasteiger partial charge in [0, 0.05) is 24.8 Å². The minimum absolute atomic E-state index is 0.0804. The molecule has 0 aliphatic rings. The van der Waals surface area contributed by atoms with Gasteiger partial charge in [-0.25, -0.2) is 9.79 Å². The van der Waals surface area contributed by atoms with E-state index in [2.05, 4.69) is 10.3 Å². The summed E-state index contributed by atoms with van der Waals surface area (Å²) >= 11 is 6.97. The van der Waals surface area contributed by atoms with Crippen LogP contribution in [0.4, 0.5) is 11.4 Å².